The van der Waals surface area contributed by atoms with E-state index >= 15 is 0 Å². The van der Waals surface area contributed by atoms with Crippen LogP contribution in [0.25, 0.3) is 0 Å². The fourth-order valence-electron chi connectivity index (χ4n) is 1.55. The topological polar surface area (TPSA) is 52.8 Å². The van der Waals surface area contributed by atoms with Crippen LogP contribution < -0.4 is 4.90 Å². The molecule has 0 aliphatic carbocycles. The molecule has 0 spiro atoms. The molecule has 0 atom stereocenters. The van der Waals surface area contributed by atoms with E-state index in [0.29, 0.717) is 17.9 Å². The van der Waals surface area contributed by atoms with Crippen molar-refractivity contribution in [2.75, 3.05) is 11.9 Å². The summed E-state index contributed by atoms with van der Waals surface area (Å²) >= 11 is 1.57. The summed E-state index contributed by atoms with van der Waals surface area (Å²) in [5.74, 6) is 0.709. The van der Waals surface area contributed by atoms with Gasteiger partial charge in [0, 0.05) is 18.1 Å². The van der Waals surface area contributed by atoms with E-state index in [4.69, 9.17) is 5.26 Å². The predicted molar refractivity (Wildman–Crippen MR) is 67.9 cm³/mol. The molecule has 0 saturated carbocycles. The minimum atomic E-state index is 0.591. The first-order valence-corrected chi connectivity index (χ1v) is 6.11. The second-order valence-electron chi connectivity index (χ2n) is 3.77. The Morgan fingerprint density at radius 3 is 2.94 bits per heavy atom. The van der Waals surface area contributed by atoms with Crippen LogP contribution in [-0.4, -0.2) is 17.0 Å². The van der Waals surface area contributed by atoms with Crippen LogP contribution in [-0.2, 0) is 6.54 Å². The maximum absolute atomic E-state index is 9.05. The van der Waals surface area contributed by atoms with Crippen LogP contribution in [0.2, 0.25) is 0 Å². The van der Waals surface area contributed by atoms with Gasteiger partial charge in [0.25, 0.3) is 0 Å². The summed E-state index contributed by atoms with van der Waals surface area (Å²) in [4.78, 5) is 10.6. The molecule has 2 heterocycles. The van der Waals surface area contributed by atoms with Crippen molar-refractivity contribution in [3.63, 3.8) is 0 Å². The van der Waals surface area contributed by atoms with Crippen LogP contribution in [0.4, 0.5) is 5.82 Å². The van der Waals surface area contributed by atoms with Crippen LogP contribution in [0.3, 0.4) is 0 Å². The number of hydrogen-bond acceptors (Lipinski definition) is 5. The lowest BCUT2D eigenvalue weighted by Gasteiger charge is -2.18. The molecule has 4 nitrogen and oxygen atoms in total. The summed E-state index contributed by atoms with van der Waals surface area (Å²) < 4.78 is 0. The molecule has 0 unspecified atom stereocenters. The number of nitriles is 1. The number of rotatable bonds is 3. The van der Waals surface area contributed by atoms with Gasteiger partial charge >= 0.3 is 0 Å². The largest absolute Gasteiger partial charge is 0.353 e. The van der Waals surface area contributed by atoms with Gasteiger partial charge in [0.15, 0.2) is 0 Å². The molecule has 0 saturated heterocycles. The quantitative estimate of drug-likeness (QED) is 0.831. The van der Waals surface area contributed by atoms with Crippen LogP contribution >= 0.6 is 11.3 Å². The first-order valence-electron chi connectivity index (χ1n) is 5.16. The monoisotopic (exact) mass is 244 g/mol. The first-order chi connectivity index (χ1) is 8.20. The Kier molecular flexibility index (Phi) is 3.35. The van der Waals surface area contributed by atoms with Gasteiger partial charge in [0.05, 0.1) is 23.3 Å². The zero-order chi connectivity index (χ0) is 12.3. The predicted octanol–water partition coefficient (Wildman–Crippen LogP) is 2.35. The normalized spacial score (nSPS) is 9.94. The number of anilines is 1. The summed E-state index contributed by atoms with van der Waals surface area (Å²) in [5.41, 5.74) is 4.29. The van der Waals surface area contributed by atoms with E-state index in [1.54, 1.807) is 22.9 Å². The van der Waals surface area contributed by atoms with Crippen LogP contribution in [0.5, 0.6) is 0 Å². The van der Waals surface area contributed by atoms with E-state index in [9.17, 15) is 0 Å². The summed E-state index contributed by atoms with van der Waals surface area (Å²) in [5, 5.41) is 11.1. The summed E-state index contributed by atoms with van der Waals surface area (Å²) in [6, 6.07) is 5.81. The molecule has 0 N–H and O–H groups in total. The number of thiazole rings is 1. The molecule has 5 heteroatoms. The maximum Gasteiger partial charge on any atom is 0.146 e. The van der Waals surface area contributed by atoms with Crippen molar-refractivity contribution in [3.05, 3.63) is 40.0 Å². The molecule has 0 aromatic carbocycles. The highest BCUT2D eigenvalue weighted by molar-refractivity contribution is 7.07. The molecule has 17 heavy (non-hydrogen) atoms. The van der Waals surface area contributed by atoms with Gasteiger partial charge in [-0.15, -0.1) is 11.3 Å². The van der Waals surface area contributed by atoms with Gasteiger partial charge in [-0.2, -0.15) is 5.26 Å². The van der Waals surface area contributed by atoms with Crippen molar-refractivity contribution in [3.8, 4) is 6.07 Å². The lowest BCUT2D eigenvalue weighted by atomic mass is 10.2. The van der Waals surface area contributed by atoms with Gasteiger partial charge in [-0.25, -0.2) is 9.97 Å². The number of hydrogen-bond donors (Lipinski definition) is 0. The Morgan fingerprint density at radius 1 is 1.47 bits per heavy atom. The number of pyridine rings is 1. The van der Waals surface area contributed by atoms with Crippen LogP contribution in [0, 0.1) is 18.3 Å². The Balaban J connectivity index is 2.27. The van der Waals surface area contributed by atoms with E-state index in [-0.39, 0.29) is 0 Å². The third kappa shape index (κ3) is 2.60. The van der Waals surface area contributed by atoms with Gasteiger partial charge in [-0.05, 0) is 19.1 Å². The average molecular weight is 244 g/mol. The van der Waals surface area contributed by atoms with Crippen molar-refractivity contribution in [2.45, 2.75) is 13.5 Å². The molecule has 2 aromatic rings. The zero-order valence-electron chi connectivity index (χ0n) is 9.71. The average Bonchev–Trinajstić information content (AvgIpc) is 2.81. The van der Waals surface area contributed by atoms with Crippen molar-refractivity contribution in [1.29, 1.82) is 5.26 Å². The first kappa shape index (κ1) is 11.6. The minimum Gasteiger partial charge on any atom is -0.353 e. The van der Waals surface area contributed by atoms with E-state index < -0.39 is 0 Å². The van der Waals surface area contributed by atoms with Crippen molar-refractivity contribution < 1.29 is 0 Å². The second-order valence-corrected chi connectivity index (χ2v) is 4.49. The lowest BCUT2D eigenvalue weighted by Crippen LogP contribution is -2.19. The van der Waals surface area contributed by atoms with Gasteiger partial charge in [0.1, 0.15) is 11.9 Å². The Bertz CT molecular complexity index is 542. The Morgan fingerprint density at radius 2 is 2.29 bits per heavy atom. The fourth-order valence-corrected chi connectivity index (χ4v) is 2.10. The summed E-state index contributed by atoms with van der Waals surface area (Å²) in [7, 11) is 1.92. The molecule has 0 bridgehead atoms. The molecule has 0 fully saturated rings. The molecule has 0 radical (unpaired) electrons. The van der Waals surface area contributed by atoms with Crippen molar-refractivity contribution >= 4 is 17.2 Å². The van der Waals surface area contributed by atoms with Gasteiger partial charge in [-0.3, -0.25) is 0 Å². The summed E-state index contributed by atoms with van der Waals surface area (Å²) in [6.45, 7) is 2.58. The highest BCUT2D eigenvalue weighted by Crippen LogP contribution is 2.18. The maximum atomic E-state index is 9.05. The molecule has 86 valence electrons. The highest BCUT2D eigenvalue weighted by atomic mass is 32.1. The lowest BCUT2D eigenvalue weighted by molar-refractivity contribution is 0.867. The standard InChI is InChI=1S/C12H12N4S/c1-9-3-4-10(5-13)12(15-9)16(2)6-11-7-17-8-14-11/h3-4,7-8H,6H2,1-2H3. The second kappa shape index (κ2) is 4.93. The van der Waals surface area contributed by atoms with Crippen molar-refractivity contribution in [2.24, 2.45) is 0 Å². The zero-order valence-corrected chi connectivity index (χ0v) is 10.5. The molecule has 2 rings (SSSR count). The van der Waals surface area contributed by atoms with Crippen LogP contribution in [0.15, 0.2) is 23.0 Å². The SMILES string of the molecule is Cc1ccc(C#N)c(N(C)Cc2cscn2)n1. The van der Waals surface area contributed by atoms with E-state index in [2.05, 4.69) is 16.0 Å². The van der Waals surface area contributed by atoms with Gasteiger partial charge in [-0.1, -0.05) is 0 Å². The van der Waals surface area contributed by atoms with E-state index in [1.165, 1.54) is 0 Å². The van der Waals surface area contributed by atoms with Crippen LogP contribution in [0.1, 0.15) is 17.0 Å². The van der Waals surface area contributed by atoms with Gasteiger partial charge < -0.3 is 4.90 Å². The highest BCUT2D eigenvalue weighted by Gasteiger charge is 2.10. The summed E-state index contributed by atoms with van der Waals surface area (Å²) in [6.07, 6.45) is 0. The molecule has 0 aliphatic rings. The molecule has 0 amide bonds. The Labute approximate surface area is 104 Å². The fraction of sp³-hybridized carbons (Fsp3) is 0.250. The Hall–Kier alpha value is -1.93. The number of aromatic nitrogens is 2. The molecule has 2 aromatic heterocycles. The van der Waals surface area contributed by atoms with Gasteiger partial charge in [0.2, 0.25) is 0 Å². The van der Waals surface area contributed by atoms with E-state index in [1.807, 2.05) is 30.3 Å². The molecule has 0 aliphatic heterocycles. The molecular weight excluding hydrogens is 232 g/mol. The number of nitrogens with zero attached hydrogens (tertiary/aromatic N) is 4. The smallest absolute Gasteiger partial charge is 0.146 e. The minimum absolute atomic E-state index is 0.591. The van der Waals surface area contributed by atoms with Crippen molar-refractivity contribution in [1.82, 2.24) is 9.97 Å². The third-order valence-corrected chi connectivity index (χ3v) is 3.01. The number of aryl methyl sites for hydroxylation is 1. The molecular formula is C12H12N4S. The van der Waals surface area contributed by atoms with E-state index in [0.717, 1.165) is 11.4 Å². The third-order valence-electron chi connectivity index (χ3n) is 2.38.